The Morgan fingerprint density at radius 2 is 2.27 bits per heavy atom. The summed E-state index contributed by atoms with van der Waals surface area (Å²) in [7, 11) is 2.02. The fourth-order valence-corrected chi connectivity index (χ4v) is 2.79. The fourth-order valence-electron chi connectivity index (χ4n) is 2.79. The Bertz CT molecular complexity index is 206. The molecule has 0 radical (unpaired) electrons. The van der Waals surface area contributed by atoms with Crippen LogP contribution in [-0.4, -0.2) is 39.5 Å². The minimum Gasteiger partial charge on any atom is -0.381 e. The van der Waals surface area contributed by atoms with Gasteiger partial charge in [-0.3, -0.25) is 0 Å². The van der Waals surface area contributed by atoms with Gasteiger partial charge in [-0.15, -0.1) is 0 Å². The van der Waals surface area contributed by atoms with Crippen LogP contribution in [0.3, 0.4) is 0 Å². The van der Waals surface area contributed by atoms with Gasteiger partial charge in [0.25, 0.3) is 0 Å². The predicted octanol–water partition coefficient (Wildman–Crippen LogP) is 1.43. The molecule has 2 unspecified atom stereocenters. The minimum atomic E-state index is 0.242. The van der Waals surface area contributed by atoms with Crippen molar-refractivity contribution in [3.8, 4) is 0 Å². The highest BCUT2D eigenvalue weighted by Crippen LogP contribution is 2.47. The van der Waals surface area contributed by atoms with E-state index in [2.05, 4.69) is 12.2 Å². The molecule has 2 rings (SSSR count). The largest absolute Gasteiger partial charge is 0.381 e. The normalized spacial score (nSPS) is 36.0. The molecule has 0 bridgehead atoms. The van der Waals surface area contributed by atoms with E-state index in [0.717, 1.165) is 38.7 Å². The zero-order valence-corrected chi connectivity index (χ0v) is 9.92. The maximum atomic E-state index is 5.92. The summed E-state index contributed by atoms with van der Waals surface area (Å²) in [5.74, 6) is 0.807. The molecule has 2 aliphatic rings. The molecular formula is C12H23NO2. The summed E-state index contributed by atoms with van der Waals surface area (Å²) in [6.45, 7) is 5.66. The molecule has 1 aliphatic carbocycles. The van der Waals surface area contributed by atoms with Crippen LogP contribution in [0.25, 0.3) is 0 Å². The molecule has 1 saturated heterocycles. The maximum absolute atomic E-state index is 5.92. The van der Waals surface area contributed by atoms with E-state index in [-0.39, 0.29) is 5.41 Å². The van der Waals surface area contributed by atoms with Gasteiger partial charge in [0.05, 0.1) is 12.7 Å². The molecule has 1 N–H and O–H groups in total. The van der Waals surface area contributed by atoms with Gasteiger partial charge < -0.3 is 14.8 Å². The lowest BCUT2D eigenvalue weighted by Gasteiger charge is -2.33. The van der Waals surface area contributed by atoms with Crippen LogP contribution in [-0.2, 0) is 9.47 Å². The van der Waals surface area contributed by atoms with E-state index in [9.17, 15) is 0 Å². The fraction of sp³-hybridized carbons (Fsp3) is 1.00. The first-order valence-electron chi connectivity index (χ1n) is 6.16. The van der Waals surface area contributed by atoms with E-state index in [4.69, 9.17) is 9.47 Å². The Balaban J connectivity index is 2.00. The highest BCUT2D eigenvalue weighted by molar-refractivity contribution is 5.00. The van der Waals surface area contributed by atoms with Crippen LogP contribution >= 0.6 is 0 Å². The Morgan fingerprint density at radius 1 is 1.47 bits per heavy atom. The van der Waals surface area contributed by atoms with Gasteiger partial charge in [-0.1, -0.05) is 0 Å². The lowest BCUT2D eigenvalue weighted by Crippen LogP contribution is -2.44. The summed E-state index contributed by atoms with van der Waals surface area (Å²) in [6.07, 6.45) is 4.29. The maximum Gasteiger partial charge on any atom is 0.0694 e. The molecular weight excluding hydrogens is 190 g/mol. The number of rotatable bonds is 6. The molecule has 2 fully saturated rings. The molecule has 0 aromatic rings. The molecule has 3 nitrogen and oxygen atoms in total. The highest BCUT2D eigenvalue weighted by atomic mass is 16.5. The third kappa shape index (κ3) is 2.35. The van der Waals surface area contributed by atoms with Crippen molar-refractivity contribution in [2.45, 2.75) is 32.3 Å². The van der Waals surface area contributed by atoms with Crippen molar-refractivity contribution in [1.82, 2.24) is 5.32 Å². The van der Waals surface area contributed by atoms with Gasteiger partial charge in [0.15, 0.2) is 0 Å². The summed E-state index contributed by atoms with van der Waals surface area (Å²) < 4.78 is 11.6. The SMILES string of the molecule is CCOCC1(CNC)CCOC1C1CC1. The molecule has 88 valence electrons. The lowest BCUT2D eigenvalue weighted by atomic mass is 9.79. The Labute approximate surface area is 92.5 Å². The summed E-state index contributed by atoms with van der Waals surface area (Å²) >= 11 is 0. The third-order valence-electron chi connectivity index (χ3n) is 3.67. The first-order valence-corrected chi connectivity index (χ1v) is 6.16. The third-order valence-corrected chi connectivity index (χ3v) is 3.67. The van der Waals surface area contributed by atoms with E-state index in [1.807, 2.05) is 7.05 Å². The zero-order valence-electron chi connectivity index (χ0n) is 9.92. The van der Waals surface area contributed by atoms with Gasteiger partial charge in [0, 0.05) is 25.2 Å². The molecule has 1 aliphatic heterocycles. The monoisotopic (exact) mass is 213 g/mol. The molecule has 2 atom stereocenters. The molecule has 1 heterocycles. The van der Waals surface area contributed by atoms with Crippen molar-refractivity contribution in [2.75, 3.05) is 33.4 Å². The van der Waals surface area contributed by atoms with Gasteiger partial charge >= 0.3 is 0 Å². The molecule has 0 aromatic heterocycles. The number of hydrogen-bond acceptors (Lipinski definition) is 3. The molecule has 15 heavy (non-hydrogen) atoms. The van der Waals surface area contributed by atoms with E-state index in [1.165, 1.54) is 12.8 Å². The molecule has 1 saturated carbocycles. The average Bonchev–Trinajstić information content (AvgIpc) is 2.99. The average molecular weight is 213 g/mol. The minimum absolute atomic E-state index is 0.242. The van der Waals surface area contributed by atoms with Gasteiger partial charge in [0.2, 0.25) is 0 Å². The van der Waals surface area contributed by atoms with Crippen molar-refractivity contribution in [1.29, 1.82) is 0 Å². The smallest absolute Gasteiger partial charge is 0.0694 e. The topological polar surface area (TPSA) is 30.5 Å². The number of nitrogens with one attached hydrogen (secondary N) is 1. The molecule has 0 amide bonds. The quantitative estimate of drug-likeness (QED) is 0.724. The van der Waals surface area contributed by atoms with Crippen molar-refractivity contribution >= 4 is 0 Å². The Hall–Kier alpha value is -0.120. The van der Waals surface area contributed by atoms with Crippen molar-refractivity contribution in [3.63, 3.8) is 0 Å². The number of ether oxygens (including phenoxy) is 2. The van der Waals surface area contributed by atoms with Crippen molar-refractivity contribution < 1.29 is 9.47 Å². The van der Waals surface area contributed by atoms with Crippen LogP contribution in [0.5, 0.6) is 0 Å². The number of hydrogen-bond donors (Lipinski definition) is 1. The van der Waals surface area contributed by atoms with Crippen LogP contribution < -0.4 is 5.32 Å². The van der Waals surface area contributed by atoms with Crippen LogP contribution in [0.1, 0.15) is 26.2 Å². The van der Waals surface area contributed by atoms with E-state index in [1.54, 1.807) is 0 Å². The molecule has 0 aromatic carbocycles. The van der Waals surface area contributed by atoms with Gasteiger partial charge in [-0.05, 0) is 39.2 Å². The first kappa shape index (κ1) is 11.4. The first-order chi connectivity index (χ1) is 7.32. The van der Waals surface area contributed by atoms with Gasteiger partial charge in [-0.2, -0.15) is 0 Å². The zero-order chi connectivity index (χ0) is 10.7. The van der Waals surface area contributed by atoms with Crippen LogP contribution in [0.15, 0.2) is 0 Å². The lowest BCUT2D eigenvalue weighted by molar-refractivity contribution is -0.0214. The second-order valence-corrected chi connectivity index (χ2v) is 4.91. The van der Waals surface area contributed by atoms with Gasteiger partial charge in [0.1, 0.15) is 0 Å². The van der Waals surface area contributed by atoms with E-state index >= 15 is 0 Å². The van der Waals surface area contributed by atoms with Crippen LogP contribution in [0.4, 0.5) is 0 Å². The van der Waals surface area contributed by atoms with Crippen LogP contribution in [0.2, 0.25) is 0 Å². The summed E-state index contributed by atoms with van der Waals surface area (Å²) in [5, 5.41) is 3.31. The van der Waals surface area contributed by atoms with Crippen molar-refractivity contribution in [3.05, 3.63) is 0 Å². The molecule has 3 heteroatoms. The van der Waals surface area contributed by atoms with Crippen LogP contribution in [0, 0.1) is 11.3 Å². The Morgan fingerprint density at radius 3 is 2.87 bits per heavy atom. The van der Waals surface area contributed by atoms with E-state index in [0.29, 0.717) is 6.10 Å². The highest BCUT2D eigenvalue weighted by Gasteiger charge is 2.50. The Kier molecular flexibility index (Phi) is 3.65. The van der Waals surface area contributed by atoms with Gasteiger partial charge in [-0.25, -0.2) is 0 Å². The van der Waals surface area contributed by atoms with Crippen molar-refractivity contribution in [2.24, 2.45) is 11.3 Å². The second-order valence-electron chi connectivity index (χ2n) is 4.91. The second kappa shape index (κ2) is 4.81. The standard InChI is InChI=1S/C12H23NO2/c1-3-14-9-12(8-13-2)6-7-15-11(12)10-4-5-10/h10-11,13H,3-9H2,1-2H3. The summed E-state index contributed by atoms with van der Waals surface area (Å²) in [4.78, 5) is 0. The summed E-state index contributed by atoms with van der Waals surface area (Å²) in [5.41, 5.74) is 0.242. The predicted molar refractivity (Wildman–Crippen MR) is 59.9 cm³/mol. The molecule has 0 spiro atoms. The van der Waals surface area contributed by atoms with E-state index < -0.39 is 0 Å². The summed E-state index contributed by atoms with van der Waals surface area (Å²) in [6, 6.07) is 0.